The second kappa shape index (κ2) is 4.53. The molecule has 1 aromatic rings. The molecule has 2 rings (SSSR count). The number of hydrogen-bond donors (Lipinski definition) is 1. The molecule has 0 bridgehead atoms. The van der Waals surface area contributed by atoms with Gasteiger partial charge in [-0.15, -0.1) is 0 Å². The summed E-state index contributed by atoms with van der Waals surface area (Å²) < 4.78 is 11.0. The van der Waals surface area contributed by atoms with Crippen LogP contribution in [0.25, 0.3) is 0 Å². The SMILES string of the molecule is COc1cccc(O[C@@H]2CCC[C@@H]2N)c1. The molecule has 82 valence electrons. The first-order chi connectivity index (χ1) is 7.29. The topological polar surface area (TPSA) is 44.5 Å². The molecule has 1 aliphatic rings. The van der Waals surface area contributed by atoms with Crippen molar-refractivity contribution in [3.8, 4) is 11.5 Å². The summed E-state index contributed by atoms with van der Waals surface area (Å²) in [5.74, 6) is 1.66. The van der Waals surface area contributed by atoms with Gasteiger partial charge in [0.2, 0.25) is 0 Å². The highest BCUT2D eigenvalue weighted by molar-refractivity contribution is 5.33. The van der Waals surface area contributed by atoms with E-state index in [2.05, 4.69) is 0 Å². The Kier molecular flexibility index (Phi) is 3.11. The van der Waals surface area contributed by atoms with Gasteiger partial charge in [0.15, 0.2) is 0 Å². The Morgan fingerprint density at radius 1 is 1.27 bits per heavy atom. The molecule has 1 aliphatic carbocycles. The Labute approximate surface area is 90.2 Å². The van der Waals surface area contributed by atoms with Gasteiger partial charge in [0.05, 0.1) is 7.11 Å². The molecule has 0 aromatic heterocycles. The predicted octanol–water partition coefficient (Wildman–Crippen LogP) is 1.95. The van der Waals surface area contributed by atoms with Gasteiger partial charge in [0.25, 0.3) is 0 Å². The number of methoxy groups -OCH3 is 1. The van der Waals surface area contributed by atoms with Gasteiger partial charge in [0, 0.05) is 12.1 Å². The minimum atomic E-state index is 0.164. The van der Waals surface area contributed by atoms with Crippen LogP contribution in [0.5, 0.6) is 11.5 Å². The third kappa shape index (κ3) is 2.42. The molecule has 0 radical (unpaired) electrons. The minimum absolute atomic E-state index is 0.164. The number of nitrogens with two attached hydrogens (primary N) is 1. The van der Waals surface area contributed by atoms with Crippen LogP contribution < -0.4 is 15.2 Å². The standard InChI is InChI=1S/C12H17NO2/c1-14-9-4-2-5-10(8-9)15-12-7-3-6-11(12)13/h2,4-5,8,11-12H,3,6-7,13H2,1H3/t11-,12+/m0/s1. The van der Waals surface area contributed by atoms with Crippen LogP contribution in [0, 0.1) is 0 Å². The summed E-state index contributed by atoms with van der Waals surface area (Å²) in [7, 11) is 1.65. The average Bonchev–Trinajstić information content (AvgIpc) is 2.65. The van der Waals surface area contributed by atoms with Gasteiger partial charge in [-0.05, 0) is 31.4 Å². The number of hydrogen-bond acceptors (Lipinski definition) is 3. The lowest BCUT2D eigenvalue weighted by Crippen LogP contribution is -2.33. The summed E-state index contributed by atoms with van der Waals surface area (Å²) in [4.78, 5) is 0. The average molecular weight is 207 g/mol. The van der Waals surface area contributed by atoms with Crippen molar-refractivity contribution in [2.75, 3.05) is 7.11 Å². The van der Waals surface area contributed by atoms with Crippen LogP contribution in [-0.4, -0.2) is 19.3 Å². The first-order valence-electron chi connectivity index (χ1n) is 5.36. The molecule has 0 aliphatic heterocycles. The van der Waals surface area contributed by atoms with Crippen molar-refractivity contribution in [1.82, 2.24) is 0 Å². The highest BCUT2D eigenvalue weighted by atomic mass is 16.5. The third-order valence-corrected chi connectivity index (χ3v) is 2.83. The smallest absolute Gasteiger partial charge is 0.123 e. The summed E-state index contributed by atoms with van der Waals surface area (Å²) >= 11 is 0. The van der Waals surface area contributed by atoms with Crippen LogP contribution in [0.15, 0.2) is 24.3 Å². The van der Waals surface area contributed by atoms with E-state index < -0.39 is 0 Å². The van der Waals surface area contributed by atoms with E-state index in [1.54, 1.807) is 7.11 Å². The Morgan fingerprint density at radius 2 is 2.07 bits per heavy atom. The van der Waals surface area contributed by atoms with E-state index in [1.165, 1.54) is 0 Å². The molecule has 0 saturated heterocycles. The summed E-state index contributed by atoms with van der Waals surface area (Å²) in [6.45, 7) is 0. The van der Waals surface area contributed by atoms with Gasteiger partial charge >= 0.3 is 0 Å². The number of rotatable bonds is 3. The van der Waals surface area contributed by atoms with Crippen LogP contribution in [0.1, 0.15) is 19.3 Å². The quantitative estimate of drug-likeness (QED) is 0.824. The highest BCUT2D eigenvalue weighted by Crippen LogP contribution is 2.25. The summed E-state index contributed by atoms with van der Waals surface area (Å²) in [5, 5.41) is 0. The van der Waals surface area contributed by atoms with Gasteiger partial charge in [0.1, 0.15) is 17.6 Å². The lowest BCUT2D eigenvalue weighted by molar-refractivity contribution is 0.191. The van der Waals surface area contributed by atoms with Gasteiger partial charge < -0.3 is 15.2 Å². The van der Waals surface area contributed by atoms with Crippen molar-refractivity contribution in [2.24, 2.45) is 5.73 Å². The molecular formula is C12H17NO2. The normalized spacial score (nSPS) is 25.2. The van der Waals surface area contributed by atoms with Gasteiger partial charge in [-0.3, -0.25) is 0 Å². The first-order valence-corrected chi connectivity index (χ1v) is 5.36. The highest BCUT2D eigenvalue weighted by Gasteiger charge is 2.25. The first kappa shape index (κ1) is 10.3. The Hall–Kier alpha value is -1.22. The molecule has 3 heteroatoms. The number of ether oxygens (including phenoxy) is 2. The zero-order valence-corrected chi connectivity index (χ0v) is 8.98. The molecule has 3 nitrogen and oxygen atoms in total. The van der Waals surface area contributed by atoms with E-state index in [0.29, 0.717) is 0 Å². The van der Waals surface area contributed by atoms with Crippen molar-refractivity contribution in [3.05, 3.63) is 24.3 Å². The fraction of sp³-hybridized carbons (Fsp3) is 0.500. The van der Waals surface area contributed by atoms with Gasteiger partial charge in [-0.25, -0.2) is 0 Å². The van der Waals surface area contributed by atoms with Crippen LogP contribution in [-0.2, 0) is 0 Å². The van der Waals surface area contributed by atoms with E-state index >= 15 is 0 Å². The van der Waals surface area contributed by atoms with E-state index in [0.717, 1.165) is 30.8 Å². The summed E-state index contributed by atoms with van der Waals surface area (Å²) in [5.41, 5.74) is 5.94. The third-order valence-electron chi connectivity index (χ3n) is 2.83. The second-order valence-corrected chi connectivity index (χ2v) is 3.93. The molecule has 1 saturated carbocycles. The Balaban J connectivity index is 2.03. The molecular weight excluding hydrogens is 190 g/mol. The van der Waals surface area contributed by atoms with E-state index in [-0.39, 0.29) is 12.1 Å². The lowest BCUT2D eigenvalue weighted by Gasteiger charge is -2.18. The molecule has 0 amide bonds. The fourth-order valence-corrected chi connectivity index (χ4v) is 1.95. The van der Waals surface area contributed by atoms with Crippen LogP contribution >= 0.6 is 0 Å². The zero-order valence-electron chi connectivity index (χ0n) is 8.98. The molecule has 1 aromatic carbocycles. The predicted molar refractivity (Wildman–Crippen MR) is 59.2 cm³/mol. The van der Waals surface area contributed by atoms with E-state index in [4.69, 9.17) is 15.2 Å². The van der Waals surface area contributed by atoms with E-state index in [1.807, 2.05) is 24.3 Å². The zero-order chi connectivity index (χ0) is 10.7. The van der Waals surface area contributed by atoms with Gasteiger partial charge in [-0.2, -0.15) is 0 Å². The van der Waals surface area contributed by atoms with Crippen LogP contribution in [0.3, 0.4) is 0 Å². The maximum absolute atomic E-state index is 5.94. The molecule has 0 unspecified atom stereocenters. The molecule has 1 fully saturated rings. The maximum atomic E-state index is 5.94. The van der Waals surface area contributed by atoms with Crippen molar-refractivity contribution in [2.45, 2.75) is 31.4 Å². The largest absolute Gasteiger partial charge is 0.497 e. The van der Waals surface area contributed by atoms with Gasteiger partial charge in [-0.1, -0.05) is 6.07 Å². The molecule has 0 spiro atoms. The molecule has 2 atom stereocenters. The molecule has 2 N–H and O–H groups in total. The second-order valence-electron chi connectivity index (χ2n) is 3.93. The van der Waals surface area contributed by atoms with Crippen molar-refractivity contribution in [1.29, 1.82) is 0 Å². The molecule has 0 heterocycles. The lowest BCUT2D eigenvalue weighted by atomic mass is 10.2. The summed E-state index contributed by atoms with van der Waals surface area (Å²) in [6.07, 6.45) is 3.44. The van der Waals surface area contributed by atoms with Crippen LogP contribution in [0.4, 0.5) is 0 Å². The summed E-state index contributed by atoms with van der Waals surface area (Å²) in [6, 6.07) is 7.84. The fourth-order valence-electron chi connectivity index (χ4n) is 1.95. The van der Waals surface area contributed by atoms with Crippen LogP contribution in [0.2, 0.25) is 0 Å². The van der Waals surface area contributed by atoms with Crippen molar-refractivity contribution >= 4 is 0 Å². The van der Waals surface area contributed by atoms with E-state index in [9.17, 15) is 0 Å². The van der Waals surface area contributed by atoms with Crippen molar-refractivity contribution < 1.29 is 9.47 Å². The van der Waals surface area contributed by atoms with Crippen molar-refractivity contribution in [3.63, 3.8) is 0 Å². The number of benzene rings is 1. The monoisotopic (exact) mass is 207 g/mol. The maximum Gasteiger partial charge on any atom is 0.123 e. The Bertz CT molecular complexity index is 327. The Morgan fingerprint density at radius 3 is 2.73 bits per heavy atom. The molecule has 15 heavy (non-hydrogen) atoms. The minimum Gasteiger partial charge on any atom is -0.497 e.